The van der Waals surface area contributed by atoms with Crippen molar-refractivity contribution in [2.24, 2.45) is 5.73 Å². The molecule has 0 atom stereocenters. The molecule has 1 saturated carbocycles. The molecule has 1 aromatic carbocycles. The Hall–Kier alpha value is -1.42. The van der Waals surface area contributed by atoms with E-state index in [4.69, 9.17) is 5.73 Å². The molecule has 3 nitrogen and oxygen atoms in total. The first-order valence-corrected chi connectivity index (χ1v) is 6.78. The first-order valence-electron chi connectivity index (χ1n) is 6.78. The average molecular weight is 264 g/mol. The fraction of sp³-hybridized carbons (Fsp3) is 0.533. The highest BCUT2D eigenvalue weighted by molar-refractivity contribution is 5.95. The number of hydrogen-bond donors (Lipinski definition) is 1. The number of nitrogens with zero attached hydrogens (tertiary/aromatic N) is 1. The number of amides is 1. The summed E-state index contributed by atoms with van der Waals surface area (Å²) in [7, 11) is 1.83. The maximum atomic E-state index is 13.1. The van der Waals surface area contributed by atoms with Gasteiger partial charge in [-0.25, -0.2) is 4.39 Å². The van der Waals surface area contributed by atoms with Crippen molar-refractivity contribution in [2.45, 2.75) is 44.7 Å². The fourth-order valence-electron chi connectivity index (χ4n) is 2.71. The summed E-state index contributed by atoms with van der Waals surface area (Å²) in [5.41, 5.74) is 7.15. The van der Waals surface area contributed by atoms with E-state index < -0.39 is 0 Å². The lowest BCUT2D eigenvalue weighted by atomic mass is 9.90. The van der Waals surface area contributed by atoms with Crippen LogP contribution in [0.1, 0.15) is 41.6 Å². The molecule has 1 fully saturated rings. The van der Waals surface area contributed by atoms with Crippen molar-refractivity contribution < 1.29 is 9.18 Å². The summed E-state index contributed by atoms with van der Waals surface area (Å²) in [5.74, 6) is -0.335. The lowest BCUT2D eigenvalue weighted by Crippen LogP contribution is -2.42. The summed E-state index contributed by atoms with van der Waals surface area (Å²) in [4.78, 5) is 14.2. The number of rotatable bonds is 2. The average Bonchev–Trinajstić information content (AvgIpc) is 2.38. The van der Waals surface area contributed by atoms with E-state index in [-0.39, 0.29) is 23.8 Å². The van der Waals surface area contributed by atoms with Gasteiger partial charge in [0.15, 0.2) is 0 Å². The zero-order valence-electron chi connectivity index (χ0n) is 11.5. The standard InChI is InChI=1S/C15H21FN2O/c1-10-9-11(16)3-8-14(10)15(19)18(2)13-6-4-12(17)5-7-13/h3,8-9,12-13H,4-7,17H2,1-2H3. The summed E-state index contributed by atoms with van der Waals surface area (Å²) in [6, 6.07) is 4.82. The molecular weight excluding hydrogens is 243 g/mol. The number of nitrogens with two attached hydrogens (primary N) is 1. The Morgan fingerprint density at radius 2 is 1.95 bits per heavy atom. The van der Waals surface area contributed by atoms with E-state index in [9.17, 15) is 9.18 Å². The third kappa shape index (κ3) is 3.13. The van der Waals surface area contributed by atoms with E-state index in [2.05, 4.69) is 0 Å². The van der Waals surface area contributed by atoms with Crippen LogP contribution in [0.4, 0.5) is 4.39 Å². The molecule has 0 saturated heterocycles. The van der Waals surface area contributed by atoms with Gasteiger partial charge in [0.25, 0.3) is 5.91 Å². The van der Waals surface area contributed by atoms with Crippen LogP contribution >= 0.6 is 0 Å². The van der Waals surface area contributed by atoms with Gasteiger partial charge >= 0.3 is 0 Å². The van der Waals surface area contributed by atoms with Gasteiger partial charge in [0.1, 0.15) is 5.82 Å². The Labute approximate surface area is 113 Å². The van der Waals surface area contributed by atoms with Crippen molar-refractivity contribution in [3.8, 4) is 0 Å². The van der Waals surface area contributed by atoms with Gasteiger partial charge in [0.05, 0.1) is 0 Å². The minimum Gasteiger partial charge on any atom is -0.339 e. The molecule has 0 radical (unpaired) electrons. The highest BCUT2D eigenvalue weighted by Crippen LogP contribution is 2.23. The molecule has 0 spiro atoms. The van der Waals surface area contributed by atoms with E-state index >= 15 is 0 Å². The monoisotopic (exact) mass is 264 g/mol. The van der Waals surface area contributed by atoms with Crippen molar-refractivity contribution in [3.63, 3.8) is 0 Å². The van der Waals surface area contributed by atoms with Gasteiger partial charge in [-0.05, 0) is 56.4 Å². The predicted octanol–water partition coefficient (Wildman–Crippen LogP) is 2.48. The van der Waals surface area contributed by atoms with Crippen molar-refractivity contribution in [1.29, 1.82) is 0 Å². The van der Waals surface area contributed by atoms with Gasteiger partial charge in [0, 0.05) is 24.7 Å². The minimum atomic E-state index is -0.305. The number of carbonyl (C=O) groups excluding carboxylic acids is 1. The lowest BCUT2D eigenvalue weighted by molar-refractivity contribution is 0.0689. The van der Waals surface area contributed by atoms with E-state index in [0.717, 1.165) is 25.7 Å². The molecule has 0 bridgehead atoms. The Morgan fingerprint density at radius 3 is 2.53 bits per heavy atom. The molecule has 2 rings (SSSR count). The molecule has 0 aromatic heterocycles. The number of carbonyl (C=O) groups is 1. The lowest BCUT2D eigenvalue weighted by Gasteiger charge is -2.33. The van der Waals surface area contributed by atoms with E-state index in [0.29, 0.717) is 11.1 Å². The number of aryl methyl sites for hydroxylation is 1. The van der Waals surface area contributed by atoms with Crippen LogP contribution in [0.15, 0.2) is 18.2 Å². The second kappa shape index (κ2) is 5.70. The quantitative estimate of drug-likeness (QED) is 0.892. The van der Waals surface area contributed by atoms with Crippen LogP contribution in [0.25, 0.3) is 0 Å². The van der Waals surface area contributed by atoms with Crippen molar-refractivity contribution >= 4 is 5.91 Å². The van der Waals surface area contributed by atoms with Crippen molar-refractivity contribution in [1.82, 2.24) is 4.90 Å². The molecule has 0 unspecified atom stereocenters. The highest BCUT2D eigenvalue weighted by Gasteiger charge is 2.26. The van der Waals surface area contributed by atoms with E-state index in [1.54, 1.807) is 17.9 Å². The molecule has 0 aliphatic heterocycles. The summed E-state index contributed by atoms with van der Waals surface area (Å²) < 4.78 is 13.1. The zero-order valence-corrected chi connectivity index (χ0v) is 11.5. The maximum Gasteiger partial charge on any atom is 0.254 e. The van der Waals surface area contributed by atoms with Gasteiger partial charge in [-0.2, -0.15) is 0 Å². The zero-order chi connectivity index (χ0) is 14.0. The molecule has 104 valence electrons. The summed E-state index contributed by atoms with van der Waals surface area (Å²) in [6.45, 7) is 1.76. The maximum absolute atomic E-state index is 13.1. The normalized spacial score (nSPS) is 23.2. The topological polar surface area (TPSA) is 46.3 Å². The number of hydrogen-bond acceptors (Lipinski definition) is 2. The first-order chi connectivity index (χ1) is 8.99. The van der Waals surface area contributed by atoms with Crippen LogP contribution in [-0.4, -0.2) is 29.9 Å². The smallest absolute Gasteiger partial charge is 0.254 e. The predicted molar refractivity (Wildman–Crippen MR) is 73.5 cm³/mol. The molecule has 1 aromatic rings. The Kier molecular flexibility index (Phi) is 4.20. The van der Waals surface area contributed by atoms with E-state index in [1.165, 1.54) is 12.1 Å². The first kappa shape index (κ1) is 14.0. The van der Waals surface area contributed by atoms with Gasteiger partial charge < -0.3 is 10.6 Å². The molecule has 2 N–H and O–H groups in total. The third-order valence-electron chi connectivity index (χ3n) is 4.03. The van der Waals surface area contributed by atoms with Crippen LogP contribution in [0, 0.1) is 12.7 Å². The van der Waals surface area contributed by atoms with Crippen LogP contribution in [0.5, 0.6) is 0 Å². The summed E-state index contributed by atoms with van der Waals surface area (Å²) in [6.07, 6.45) is 3.82. The molecule has 0 heterocycles. The second-order valence-corrected chi connectivity index (χ2v) is 5.44. The van der Waals surface area contributed by atoms with Gasteiger partial charge in [-0.1, -0.05) is 0 Å². The Morgan fingerprint density at radius 1 is 1.32 bits per heavy atom. The van der Waals surface area contributed by atoms with Crippen molar-refractivity contribution in [3.05, 3.63) is 35.1 Å². The van der Waals surface area contributed by atoms with Gasteiger partial charge in [-0.15, -0.1) is 0 Å². The highest BCUT2D eigenvalue weighted by atomic mass is 19.1. The SMILES string of the molecule is Cc1cc(F)ccc1C(=O)N(C)C1CCC(N)CC1. The number of benzene rings is 1. The molecule has 19 heavy (non-hydrogen) atoms. The Balaban J connectivity index is 2.10. The molecule has 1 aliphatic carbocycles. The van der Waals surface area contributed by atoms with Gasteiger partial charge in [-0.3, -0.25) is 4.79 Å². The largest absolute Gasteiger partial charge is 0.339 e. The van der Waals surface area contributed by atoms with E-state index in [1.807, 2.05) is 7.05 Å². The van der Waals surface area contributed by atoms with Crippen LogP contribution < -0.4 is 5.73 Å². The fourth-order valence-corrected chi connectivity index (χ4v) is 2.71. The summed E-state index contributed by atoms with van der Waals surface area (Å²) >= 11 is 0. The van der Waals surface area contributed by atoms with Gasteiger partial charge in [0.2, 0.25) is 0 Å². The Bertz CT molecular complexity index is 467. The third-order valence-corrected chi connectivity index (χ3v) is 4.03. The minimum absolute atomic E-state index is 0.0297. The second-order valence-electron chi connectivity index (χ2n) is 5.44. The molecule has 1 amide bonds. The van der Waals surface area contributed by atoms with Crippen LogP contribution in [-0.2, 0) is 0 Å². The van der Waals surface area contributed by atoms with Crippen LogP contribution in [0.3, 0.4) is 0 Å². The van der Waals surface area contributed by atoms with Crippen LogP contribution in [0.2, 0.25) is 0 Å². The molecule has 1 aliphatic rings. The number of halogens is 1. The summed E-state index contributed by atoms with van der Waals surface area (Å²) in [5, 5.41) is 0. The van der Waals surface area contributed by atoms with Crippen molar-refractivity contribution in [2.75, 3.05) is 7.05 Å². The molecule has 4 heteroatoms. The molecular formula is C15H21FN2O.